The third-order valence-electron chi connectivity index (χ3n) is 4.85. The lowest BCUT2D eigenvalue weighted by atomic mass is 10.2. The van der Waals surface area contributed by atoms with E-state index in [9.17, 15) is 5.11 Å². The minimum Gasteiger partial charge on any atom is -0.390 e. The highest BCUT2D eigenvalue weighted by atomic mass is 35.5. The van der Waals surface area contributed by atoms with Crippen LogP contribution in [0, 0.1) is 0 Å². The van der Waals surface area contributed by atoms with Gasteiger partial charge in [-0.05, 0) is 25.0 Å². The molecule has 2 heterocycles. The highest BCUT2D eigenvalue weighted by Gasteiger charge is 2.16. The van der Waals surface area contributed by atoms with Gasteiger partial charge in [0.2, 0.25) is 0 Å². The molecule has 4 nitrogen and oxygen atoms in total. The molecule has 0 amide bonds. The zero-order valence-electron chi connectivity index (χ0n) is 14.2. The normalized spacial score (nSPS) is 18.5. The van der Waals surface area contributed by atoms with E-state index in [4.69, 9.17) is 4.74 Å². The van der Waals surface area contributed by atoms with Crippen molar-refractivity contribution in [2.75, 3.05) is 19.7 Å². The van der Waals surface area contributed by atoms with Crippen molar-refractivity contribution in [2.24, 2.45) is 0 Å². The van der Waals surface area contributed by atoms with Gasteiger partial charge in [0.25, 0.3) is 0 Å². The van der Waals surface area contributed by atoms with Crippen LogP contribution in [0.1, 0.15) is 12.8 Å². The molecule has 1 saturated heterocycles. The molecule has 1 aliphatic heterocycles. The number of para-hydroxylation sites is 2. The Labute approximate surface area is 154 Å². The molecular formula is C20H25ClN2O2. The molecular weight excluding hydrogens is 336 g/mol. The van der Waals surface area contributed by atoms with E-state index < -0.39 is 6.10 Å². The number of nitrogens with one attached hydrogen (secondary N) is 1. The van der Waals surface area contributed by atoms with Crippen molar-refractivity contribution in [2.45, 2.75) is 31.6 Å². The summed E-state index contributed by atoms with van der Waals surface area (Å²) in [5.74, 6) is 0. The molecule has 2 aromatic carbocycles. The quantitative estimate of drug-likeness (QED) is 0.708. The van der Waals surface area contributed by atoms with Crippen molar-refractivity contribution < 1.29 is 9.84 Å². The Hall–Kier alpha value is -1.59. The van der Waals surface area contributed by atoms with E-state index in [1.54, 1.807) is 0 Å². The number of ether oxygens (including phenoxy) is 1. The second kappa shape index (κ2) is 8.19. The molecule has 1 aliphatic rings. The number of aliphatic hydroxyl groups excluding tert-OH is 1. The Kier molecular flexibility index (Phi) is 5.97. The largest absolute Gasteiger partial charge is 0.390 e. The lowest BCUT2D eigenvalue weighted by Crippen LogP contribution is -2.34. The summed E-state index contributed by atoms with van der Waals surface area (Å²) in [6.07, 6.45) is 2.16. The highest BCUT2D eigenvalue weighted by molar-refractivity contribution is 6.07. The first-order valence-corrected chi connectivity index (χ1v) is 8.79. The topological polar surface area (TPSA) is 46.4 Å². The van der Waals surface area contributed by atoms with Gasteiger partial charge in [0.1, 0.15) is 0 Å². The molecule has 0 saturated carbocycles. The monoisotopic (exact) mass is 360 g/mol. The number of hydrogen-bond acceptors (Lipinski definition) is 3. The van der Waals surface area contributed by atoms with Gasteiger partial charge in [-0.2, -0.15) is 0 Å². The fourth-order valence-corrected chi connectivity index (χ4v) is 3.69. The average molecular weight is 361 g/mol. The average Bonchev–Trinajstić information content (AvgIpc) is 3.23. The lowest BCUT2D eigenvalue weighted by Gasteiger charge is -2.16. The Balaban J connectivity index is 0.00000182. The van der Waals surface area contributed by atoms with Gasteiger partial charge in [0.05, 0.1) is 18.8 Å². The van der Waals surface area contributed by atoms with Crippen LogP contribution in [0.4, 0.5) is 0 Å². The number of benzene rings is 2. The summed E-state index contributed by atoms with van der Waals surface area (Å²) < 4.78 is 7.83. The van der Waals surface area contributed by atoms with Crippen molar-refractivity contribution in [3.05, 3.63) is 48.5 Å². The Bertz CT molecular complexity index is 774. The van der Waals surface area contributed by atoms with Gasteiger partial charge in [0, 0.05) is 41.5 Å². The van der Waals surface area contributed by atoms with Crippen molar-refractivity contribution >= 4 is 34.2 Å². The first-order valence-electron chi connectivity index (χ1n) is 8.79. The fourth-order valence-electron chi connectivity index (χ4n) is 3.69. The van der Waals surface area contributed by atoms with Crippen LogP contribution >= 0.6 is 12.4 Å². The molecule has 134 valence electrons. The molecule has 0 spiro atoms. The maximum Gasteiger partial charge on any atom is 0.0843 e. The molecule has 4 rings (SSSR count). The van der Waals surface area contributed by atoms with Gasteiger partial charge in [-0.25, -0.2) is 0 Å². The third kappa shape index (κ3) is 3.82. The van der Waals surface area contributed by atoms with Gasteiger partial charge in [-0.3, -0.25) is 0 Å². The van der Waals surface area contributed by atoms with Gasteiger partial charge in [0.15, 0.2) is 0 Å². The van der Waals surface area contributed by atoms with Crippen LogP contribution in [0.15, 0.2) is 48.5 Å². The molecule has 25 heavy (non-hydrogen) atoms. The molecule has 3 aromatic rings. The lowest BCUT2D eigenvalue weighted by molar-refractivity contribution is 0.101. The fraction of sp³-hybridized carbons (Fsp3) is 0.400. The van der Waals surface area contributed by atoms with E-state index in [-0.39, 0.29) is 12.4 Å². The van der Waals surface area contributed by atoms with Crippen LogP contribution in [0.5, 0.6) is 0 Å². The van der Waals surface area contributed by atoms with Gasteiger partial charge in [-0.15, -0.1) is 12.4 Å². The predicted octanol–water partition coefficient (Wildman–Crippen LogP) is 3.35. The molecule has 0 radical (unpaired) electrons. The summed E-state index contributed by atoms with van der Waals surface area (Å²) in [5, 5.41) is 16.3. The maximum atomic E-state index is 10.5. The number of aliphatic hydroxyl groups is 1. The van der Waals surface area contributed by atoms with Crippen molar-refractivity contribution in [3.63, 3.8) is 0 Å². The van der Waals surface area contributed by atoms with E-state index >= 15 is 0 Å². The molecule has 1 fully saturated rings. The first kappa shape index (κ1) is 18.2. The minimum atomic E-state index is -0.425. The predicted molar refractivity (Wildman–Crippen MR) is 105 cm³/mol. The number of aromatic nitrogens is 1. The summed E-state index contributed by atoms with van der Waals surface area (Å²) in [5.41, 5.74) is 2.36. The Morgan fingerprint density at radius 1 is 1.08 bits per heavy atom. The summed E-state index contributed by atoms with van der Waals surface area (Å²) in [6.45, 7) is 2.87. The third-order valence-corrected chi connectivity index (χ3v) is 4.85. The number of fused-ring (bicyclic) bond motifs is 3. The van der Waals surface area contributed by atoms with Crippen LogP contribution < -0.4 is 5.32 Å². The first-order chi connectivity index (χ1) is 11.8. The van der Waals surface area contributed by atoms with Gasteiger partial charge < -0.3 is 19.7 Å². The van der Waals surface area contributed by atoms with E-state index in [1.807, 2.05) is 0 Å². The highest BCUT2D eigenvalue weighted by Crippen LogP contribution is 2.28. The summed E-state index contributed by atoms with van der Waals surface area (Å²) in [6, 6.07) is 16.8. The zero-order chi connectivity index (χ0) is 16.4. The smallest absolute Gasteiger partial charge is 0.0843 e. The maximum absolute atomic E-state index is 10.5. The van der Waals surface area contributed by atoms with Crippen molar-refractivity contribution in [1.29, 1.82) is 0 Å². The standard InChI is InChI=1S/C20H24N2O2.ClH/c23-15(12-21-13-16-6-5-11-24-16)14-22-19-9-3-1-7-17(19)18-8-2-4-10-20(18)22;/h1-4,7-10,15-16,21,23H,5-6,11-14H2;1H. The number of hydrogen-bond donors (Lipinski definition) is 2. The summed E-state index contributed by atoms with van der Waals surface area (Å²) >= 11 is 0. The number of nitrogens with zero attached hydrogens (tertiary/aromatic N) is 1. The van der Waals surface area contributed by atoms with Crippen LogP contribution in [0.25, 0.3) is 21.8 Å². The molecule has 1 aromatic heterocycles. The van der Waals surface area contributed by atoms with E-state index in [0.717, 1.165) is 26.0 Å². The summed E-state index contributed by atoms with van der Waals surface area (Å²) in [4.78, 5) is 0. The van der Waals surface area contributed by atoms with Crippen LogP contribution in [0.2, 0.25) is 0 Å². The number of halogens is 1. The molecule has 5 heteroatoms. The van der Waals surface area contributed by atoms with E-state index in [2.05, 4.69) is 58.4 Å². The van der Waals surface area contributed by atoms with Crippen LogP contribution in [0.3, 0.4) is 0 Å². The Morgan fingerprint density at radius 2 is 1.72 bits per heavy atom. The molecule has 0 bridgehead atoms. The molecule has 0 aliphatic carbocycles. The van der Waals surface area contributed by atoms with Crippen LogP contribution in [-0.4, -0.2) is 41.6 Å². The zero-order valence-corrected chi connectivity index (χ0v) is 15.0. The van der Waals surface area contributed by atoms with Gasteiger partial charge in [-0.1, -0.05) is 36.4 Å². The van der Waals surface area contributed by atoms with Crippen LogP contribution in [-0.2, 0) is 11.3 Å². The van der Waals surface area contributed by atoms with E-state index in [1.165, 1.54) is 21.8 Å². The number of rotatable bonds is 6. The Morgan fingerprint density at radius 3 is 2.32 bits per heavy atom. The van der Waals surface area contributed by atoms with Gasteiger partial charge >= 0.3 is 0 Å². The summed E-state index contributed by atoms with van der Waals surface area (Å²) in [7, 11) is 0. The molecule has 2 atom stereocenters. The molecule has 2 unspecified atom stereocenters. The second-order valence-electron chi connectivity index (χ2n) is 6.59. The van der Waals surface area contributed by atoms with E-state index in [0.29, 0.717) is 19.2 Å². The SMILES string of the molecule is Cl.OC(CNCC1CCCO1)Cn1c2ccccc2c2ccccc21. The molecule has 2 N–H and O–H groups in total. The van der Waals surface area contributed by atoms with Crippen molar-refractivity contribution in [1.82, 2.24) is 9.88 Å². The second-order valence-corrected chi connectivity index (χ2v) is 6.59. The van der Waals surface area contributed by atoms with Crippen molar-refractivity contribution in [3.8, 4) is 0 Å². The minimum absolute atomic E-state index is 0.